The summed E-state index contributed by atoms with van der Waals surface area (Å²) in [5, 5.41) is 10.9. The molecule has 3 aromatic carbocycles. The van der Waals surface area contributed by atoms with Crippen LogP contribution in [0.1, 0.15) is 34.9 Å². The molecule has 1 aliphatic heterocycles. The second-order valence-corrected chi connectivity index (χ2v) is 9.46. The number of ether oxygens (including phenoxy) is 1. The van der Waals surface area contributed by atoms with Gasteiger partial charge in [-0.25, -0.2) is 4.98 Å². The Kier molecular flexibility index (Phi) is 6.55. The molecule has 1 aromatic heterocycles. The van der Waals surface area contributed by atoms with Crippen LogP contribution in [0.25, 0.3) is 11.0 Å². The van der Waals surface area contributed by atoms with E-state index in [1.807, 2.05) is 85.5 Å². The zero-order valence-corrected chi connectivity index (χ0v) is 20.2. The molecule has 1 aliphatic rings. The first kappa shape index (κ1) is 23.1. The van der Waals surface area contributed by atoms with Crippen molar-refractivity contribution in [2.75, 3.05) is 13.2 Å². The summed E-state index contributed by atoms with van der Waals surface area (Å²) in [6.45, 7) is 5.80. The molecule has 180 valence electrons. The Morgan fingerprint density at radius 2 is 1.83 bits per heavy atom. The highest BCUT2D eigenvalue weighted by Gasteiger charge is 2.34. The molecule has 0 radical (unpaired) electrons. The number of benzene rings is 3. The quantitative estimate of drug-likeness (QED) is 0.409. The topological polar surface area (TPSA) is 67.6 Å². The van der Waals surface area contributed by atoms with Crippen molar-refractivity contribution in [3.63, 3.8) is 0 Å². The van der Waals surface area contributed by atoms with Gasteiger partial charge in [-0.1, -0.05) is 60.2 Å². The van der Waals surface area contributed by atoms with Gasteiger partial charge >= 0.3 is 0 Å². The van der Waals surface area contributed by atoms with E-state index in [0.717, 1.165) is 33.7 Å². The number of aryl methyl sites for hydroxylation is 2. The molecule has 2 atom stereocenters. The van der Waals surface area contributed by atoms with E-state index in [1.165, 1.54) is 5.56 Å². The van der Waals surface area contributed by atoms with Crippen molar-refractivity contribution in [2.24, 2.45) is 0 Å². The number of para-hydroxylation sites is 2. The Hall–Kier alpha value is -3.64. The van der Waals surface area contributed by atoms with Gasteiger partial charge in [-0.05, 0) is 43.2 Å². The monoisotopic (exact) mass is 469 g/mol. The third-order valence-corrected chi connectivity index (χ3v) is 6.63. The van der Waals surface area contributed by atoms with E-state index < -0.39 is 6.10 Å². The first-order valence-corrected chi connectivity index (χ1v) is 12.1. The molecule has 1 amide bonds. The minimum Gasteiger partial charge on any atom is -0.491 e. The Bertz CT molecular complexity index is 1330. The second-order valence-electron chi connectivity index (χ2n) is 9.46. The number of hydrogen-bond acceptors (Lipinski definition) is 4. The predicted molar refractivity (Wildman–Crippen MR) is 136 cm³/mol. The Balaban J connectivity index is 1.34. The lowest BCUT2D eigenvalue weighted by Gasteiger charge is -2.19. The van der Waals surface area contributed by atoms with Crippen molar-refractivity contribution < 1.29 is 14.6 Å². The number of fused-ring (bicyclic) bond motifs is 1. The fourth-order valence-corrected chi connectivity index (χ4v) is 4.91. The summed E-state index contributed by atoms with van der Waals surface area (Å²) in [4.78, 5) is 19.6. The van der Waals surface area contributed by atoms with Gasteiger partial charge in [0.15, 0.2) is 0 Å². The maximum absolute atomic E-state index is 12.8. The van der Waals surface area contributed by atoms with Crippen LogP contribution in [-0.4, -0.2) is 44.7 Å². The maximum Gasteiger partial charge on any atom is 0.223 e. The molecule has 4 aromatic rings. The predicted octanol–water partition coefficient (Wildman–Crippen LogP) is 4.61. The van der Waals surface area contributed by atoms with Crippen molar-refractivity contribution in [3.8, 4) is 5.75 Å². The van der Waals surface area contributed by atoms with Crippen LogP contribution < -0.4 is 4.74 Å². The van der Waals surface area contributed by atoms with Crippen LogP contribution in [-0.2, 0) is 17.9 Å². The van der Waals surface area contributed by atoms with Crippen molar-refractivity contribution in [2.45, 2.75) is 45.4 Å². The van der Waals surface area contributed by atoms with Gasteiger partial charge in [0.1, 0.15) is 24.3 Å². The summed E-state index contributed by atoms with van der Waals surface area (Å²) in [7, 11) is 0. The number of aliphatic hydroxyl groups is 1. The molecule has 1 fully saturated rings. The van der Waals surface area contributed by atoms with Crippen molar-refractivity contribution >= 4 is 16.9 Å². The first-order chi connectivity index (χ1) is 17.0. The number of hydrogen-bond donors (Lipinski definition) is 1. The van der Waals surface area contributed by atoms with Crippen LogP contribution in [0.15, 0.2) is 72.8 Å². The largest absolute Gasteiger partial charge is 0.491 e. The average Bonchev–Trinajstić information content (AvgIpc) is 3.39. The molecule has 1 saturated heterocycles. The van der Waals surface area contributed by atoms with E-state index in [1.54, 1.807) is 0 Å². The standard InChI is InChI=1S/C29H31N3O3/c1-20-12-13-27(21(2)14-20)35-19-24(33)18-32-26-11-7-6-10-25(26)30-29(32)23-15-28(34)31(17-23)16-22-8-4-3-5-9-22/h3-14,23-24,33H,15-19H2,1-2H3. The maximum atomic E-state index is 12.8. The summed E-state index contributed by atoms with van der Waals surface area (Å²) in [6, 6.07) is 24.0. The van der Waals surface area contributed by atoms with E-state index in [9.17, 15) is 9.90 Å². The number of carbonyl (C=O) groups is 1. The molecule has 1 N–H and O–H groups in total. The Morgan fingerprint density at radius 1 is 1.06 bits per heavy atom. The van der Waals surface area contributed by atoms with Gasteiger partial charge in [0.05, 0.1) is 17.6 Å². The smallest absolute Gasteiger partial charge is 0.223 e. The van der Waals surface area contributed by atoms with Crippen LogP contribution in [0, 0.1) is 13.8 Å². The molecular weight excluding hydrogens is 438 g/mol. The van der Waals surface area contributed by atoms with Gasteiger partial charge in [0.25, 0.3) is 0 Å². The second kappa shape index (κ2) is 9.92. The van der Waals surface area contributed by atoms with Crippen LogP contribution in [0.2, 0.25) is 0 Å². The number of likely N-dealkylation sites (tertiary alicyclic amines) is 1. The summed E-state index contributed by atoms with van der Waals surface area (Å²) in [5.41, 5.74) is 5.18. The van der Waals surface area contributed by atoms with E-state index in [0.29, 0.717) is 26.1 Å². The van der Waals surface area contributed by atoms with Gasteiger partial charge in [-0.3, -0.25) is 4.79 Å². The molecule has 0 spiro atoms. The number of carbonyl (C=O) groups excluding carboxylic acids is 1. The number of amides is 1. The van der Waals surface area contributed by atoms with E-state index >= 15 is 0 Å². The van der Waals surface area contributed by atoms with E-state index in [4.69, 9.17) is 9.72 Å². The normalized spacial score (nSPS) is 16.7. The number of aromatic nitrogens is 2. The molecule has 0 saturated carbocycles. The van der Waals surface area contributed by atoms with Gasteiger partial charge in [-0.2, -0.15) is 0 Å². The molecule has 35 heavy (non-hydrogen) atoms. The summed E-state index contributed by atoms with van der Waals surface area (Å²) < 4.78 is 8.00. The van der Waals surface area contributed by atoms with E-state index in [-0.39, 0.29) is 18.4 Å². The minimum absolute atomic E-state index is 0.0222. The van der Waals surface area contributed by atoms with Crippen molar-refractivity contribution in [3.05, 3.63) is 95.3 Å². The van der Waals surface area contributed by atoms with E-state index in [2.05, 4.69) is 10.6 Å². The third-order valence-electron chi connectivity index (χ3n) is 6.63. The average molecular weight is 470 g/mol. The molecule has 0 aliphatic carbocycles. The fraction of sp³-hybridized carbons (Fsp3) is 0.310. The van der Waals surface area contributed by atoms with Gasteiger partial charge in [0.2, 0.25) is 5.91 Å². The van der Waals surface area contributed by atoms with Gasteiger partial charge in [0, 0.05) is 25.4 Å². The summed E-state index contributed by atoms with van der Waals surface area (Å²) >= 11 is 0. The van der Waals surface area contributed by atoms with Gasteiger partial charge in [-0.15, -0.1) is 0 Å². The number of imidazole rings is 1. The Labute approximate surface area is 205 Å². The summed E-state index contributed by atoms with van der Waals surface area (Å²) in [6.07, 6.45) is -0.296. The highest BCUT2D eigenvalue weighted by molar-refractivity contribution is 5.81. The van der Waals surface area contributed by atoms with Crippen LogP contribution >= 0.6 is 0 Å². The minimum atomic E-state index is -0.718. The molecule has 6 heteroatoms. The van der Waals surface area contributed by atoms with Crippen LogP contribution in [0.4, 0.5) is 0 Å². The molecule has 6 nitrogen and oxygen atoms in total. The highest BCUT2D eigenvalue weighted by Crippen LogP contribution is 2.31. The van der Waals surface area contributed by atoms with Crippen LogP contribution in [0.3, 0.4) is 0 Å². The summed E-state index contributed by atoms with van der Waals surface area (Å²) in [5.74, 6) is 1.74. The lowest BCUT2D eigenvalue weighted by Crippen LogP contribution is -2.26. The van der Waals surface area contributed by atoms with Gasteiger partial charge < -0.3 is 19.3 Å². The number of nitrogens with zero attached hydrogens (tertiary/aromatic N) is 3. The lowest BCUT2D eigenvalue weighted by molar-refractivity contribution is -0.128. The molecule has 2 heterocycles. The van der Waals surface area contributed by atoms with Crippen molar-refractivity contribution in [1.82, 2.24) is 14.5 Å². The first-order valence-electron chi connectivity index (χ1n) is 12.1. The molecule has 0 bridgehead atoms. The highest BCUT2D eigenvalue weighted by atomic mass is 16.5. The third kappa shape index (κ3) is 5.08. The molecule has 5 rings (SSSR count). The molecular formula is C29H31N3O3. The fourth-order valence-electron chi connectivity index (χ4n) is 4.91. The van der Waals surface area contributed by atoms with Crippen molar-refractivity contribution in [1.29, 1.82) is 0 Å². The zero-order valence-electron chi connectivity index (χ0n) is 20.2. The number of rotatable bonds is 8. The zero-order chi connectivity index (χ0) is 24.4. The van der Waals surface area contributed by atoms with Crippen LogP contribution in [0.5, 0.6) is 5.75 Å². The Morgan fingerprint density at radius 3 is 2.63 bits per heavy atom. The lowest BCUT2D eigenvalue weighted by atomic mass is 10.1. The molecule has 2 unspecified atom stereocenters. The SMILES string of the molecule is Cc1ccc(OCC(O)Cn2c(C3CC(=O)N(Cc4ccccc4)C3)nc3ccccc32)c(C)c1. The number of aliphatic hydroxyl groups excluding tert-OH is 1.